The number of hydrogen-bond donors (Lipinski definition) is 5. The van der Waals surface area contributed by atoms with Gasteiger partial charge in [0.05, 0.1) is 59.2 Å². The molecular weight excluding hydrogens is 812 g/mol. The Kier molecular flexibility index (Phi) is 16.1. The molecule has 2 aliphatic rings. The topological polar surface area (TPSA) is 278 Å². The second-order valence-corrected chi connectivity index (χ2v) is 16.7. The van der Waals surface area contributed by atoms with Gasteiger partial charge in [-0.05, 0) is 50.6 Å². The van der Waals surface area contributed by atoms with Crippen LogP contribution in [0.1, 0.15) is 31.9 Å². The monoisotopic (exact) mass is 851 g/mol. The number of carboxylic acid groups (broad SMARTS) is 2. The lowest BCUT2D eigenvalue weighted by atomic mass is 10.1. The minimum absolute atomic E-state index is 0.0257. The third-order valence-corrected chi connectivity index (χ3v) is 10.2. The second kappa shape index (κ2) is 19.6. The van der Waals surface area contributed by atoms with Gasteiger partial charge in [-0.15, -0.1) is 4.37 Å². The number of β-amino-alcohol motifs (C(OH)–C–C–N with tert-alkyl or cyclic N) is 1. The normalized spacial score (nSPS) is 17.3. The van der Waals surface area contributed by atoms with E-state index in [9.17, 15) is 54.9 Å². The Hall–Kier alpha value is -4.43. The number of nitrogens with one attached hydrogen (secondary N) is 3. The molecule has 5 rings (SSSR count). The van der Waals surface area contributed by atoms with Gasteiger partial charge in [-0.1, -0.05) is 30.3 Å². The summed E-state index contributed by atoms with van der Waals surface area (Å²) in [5.74, 6) is -1.85. The molecule has 3 aromatic rings. The summed E-state index contributed by atoms with van der Waals surface area (Å²) < 4.78 is 109. The number of alkyl halides is 3. The molecule has 0 aliphatic carbocycles. The number of fused-ring (bicyclic) bond motifs is 1. The van der Waals surface area contributed by atoms with E-state index in [1.807, 2.05) is 0 Å². The van der Waals surface area contributed by atoms with E-state index in [1.165, 1.54) is 0 Å². The zero-order valence-corrected chi connectivity index (χ0v) is 32.6. The third-order valence-electron chi connectivity index (χ3n) is 7.28. The molecule has 0 bridgehead atoms. The minimum atomic E-state index is -5.04. The smallest absolute Gasteiger partial charge is 0.417 e. The van der Waals surface area contributed by atoms with Crippen LogP contribution in [0.2, 0.25) is 0 Å². The summed E-state index contributed by atoms with van der Waals surface area (Å²) in [5, 5.41) is 39.5. The van der Waals surface area contributed by atoms with Gasteiger partial charge in [-0.3, -0.25) is 0 Å². The first kappa shape index (κ1) is 46.0. The van der Waals surface area contributed by atoms with Crippen molar-refractivity contribution in [2.45, 2.75) is 61.0 Å². The number of ether oxygens (including phenoxy) is 2. The van der Waals surface area contributed by atoms with Gasteiger partial charge in [0.15, 0.2) is 0 Å². The first-order valence-corrected chi connectivity index (χ1v) is 20.1. The first-order chi connectivity index (χ1) is 26.0. The van der Waals surface area contributed by atoms with Crippen LogP contribution in [-0.4, -0.2) is 99.9 Å². The maximum Gasteiger partial charge on any atom is 0.417 e. The number of nitrogens with two attached hydrogens (primary N) is 1. The summed E-state index contributed by atoms with van der Waals surface area (Å²) in [5.41, 5.74) is -1.16. The van der Waals surface area contributed by atoms with E-state index in [0.29, 0.717) is 49.9 Å². The highest BCUT2D eigenvalue weighted by molar-refractivity contribution is 7.90. The molecule has 2 aromatic carbocycles. The van der Waals surface area contributed by atoms with E-state index in [2.05, 4.69) is 49.8 Å². The number of aliphatic hydroxyl groups is 1. The Labute approximate surface area is 324 Å². The average Bonchev–Trinajstić information content (AvgIpc) is 3.57. The van der Waals surface area contributed by atoms with E-state index < -0.39 is 65.8 Å². The van der Waals surface area contributed by atoms with Crippen molar-refractivity contribution in [2.24, 2.45) is 5.14 Å². The van der Waals surface area contributed by atoms with Gasteiger partial charge in [0, 0.05) is 31.6 Å². The second-order valence-electron chi connectivity index (χ2n) is 13.0. The molecule has 24 heteroatoms. The van der Waals surface area contributed by atoms with Crippen LogP contribution >= 0.6 is 11.7 Å². The van der Waals surface area contributed by atoms with E-state index in [-0.39, 0.29) is 24.3 Å². The van der Waals surface area contributed by atoms with Gasteiger partial charge < -0.3 is 49.9 Å². The van der Waals surface area contributed by atoms with Crippen LogP contribution in [0, 0.1) is 0 Å². The number of nitrogens with zero attached hydrogens (tertiary/aromatic N) is 3. The molecule has 310 valence electrons. The lowest BCUT2D eigenvalue weighted by molar-refractivity contribution is -0.301. The van der Waals surface area contributed by atoms with Crippen molar-refractivity contribution >= 4 is 55.2 Å². The molecule has 56 heavy (non-hydrogen) atoms. The van der Waals surface area contributed by atoms with E-state index >= 15 is 0 Å². The van der Waals surface area contributed by atoms with Crippen molar-refractivity contribution in [1.29, 1.82) is 0 Å². The Bertz CT molecular complexity index is 2020. The maximum absolute atomic E-state index is 13.3. The summed E-state index contributed by atoms with van der Waals surface area (Å²) in [6, 6.07) is 9.57. The number of primary sulfonamides is 1. The van der Waals surface area contributed by atoms with Crippen molar-refractivity contribution in [3.63, 3.8) is 0 Å². The predicted octanol–water partition coefficient (Wildman–Crippen LogP) is -0.830. The number of morpholine rings is 1. The van der Waals surface area contributed by atoms with Gasteiger partial charge >= 0.3 is 6.18 Å². The molecular formula is C32H40F3N7O11S3-2. The van der Waals surface area contributed by atoms with Crippen LogP contribution in [0.3, 0.4) is 0 Å². The predicted molar refractivity (Wildman–Crippen MR) is 192 cm³/mol. The molecule has 2 aliphatic heterocycles. The molecule has 6 N–H and O–H groups in total. The highest BCUT2D eigenvalue weighted by Gasteiger charge is 2.40. The molecule has 3 heterocycles. The van der Waals surface area contributed by atoms with Crippen molar-refractivity contribution in [3.8, 4) is 5.88 Å². The highest BCUT2D eigenvalue weighted by Crippen LogP contribution is 2.39. The lowest BCUT2D eigenvalue weighted by Gasteiger charge is -2.29. The summed E-state index contributed by atoms with van der Waals surface area (Å²) >= 11 is 1.12. The number of carbonyl (C=O) groups is 2. The molecule has 0 spiro atoms. The SMILES string of the molecule is CC(C)(C)NC[C@H](O)COc1nsnc1N1CCOCC1.NS(=O)(=O)c1cc2c(cc1C(F)(F)F)NC(Cc1ccccc1)NS2(=O)=O.O=C([O-])/C=C\C(=O)[O-]. The van der Waals surface area contributed by atoms with Crippen molar-refractivity contribution in [2.75, 3.05) is 49.7 Å². The molecule has 2 atom stereocenters. The maximum atomic E-state index is 13.3. The number of rotatable bonds is 11. The average molecular weight is 852 g/mol. The van der Waals surface area contributed by atoms with Gasteiger partial charge in [0.25, 0.3) is 5.88 Å². The van der Waals surface area contributed by atoms with Crippen molar-refractivity contribution < 1.29 is 64.4 Å². The quantitative estimate of drug-likeness (QED) is 0.147. The third kappa shape index (κ3) is 14.9. The summed E-state index contributed by atoms with van der Waals surface area (Å²) in [7, 11) is -9.06. The molecule has 0 amide bonds. The summed E-state index contributed by atoms with van der Waals surface area (Å²) in [6.07, 6.45) is -5.60. The number of aromatic nitrogens is 2. The number of hydrogen-bond acceptors (Lipinski definition) is 17. The Morgan fingerprint density at radius 1 is 1.12 bits per heavy atom. The Morgan fingerprint density at radius 3 is 2.27 bits per heavy atom. The molecule has 18 nitrogen and oxygen atoms in total. The number of sulfonamides is 2. The number of aliphatic hydroxyl groups excluding tert-OH is 1. The fraction of sp³-hybridized carbons (Fsp3) is 0.438. The zero-order chi connectivity index (χ0) is 41.9. The van der Waals surface area contributed by atoms with E-state index in [1.54, 1.807) is 30.3 Å². The first-order valence-electron chi connectivity index (χ1n) is 16.4. The molecule has 0 radical (unpaired) electrons. The number of anilines is 2. The Balaban J connectivity index is 0.000000257. The number of carbonyl (C=O) groups excluding carboxylic acids is 2. The van der Waals surface area contributed by atoms with Crippen LogP contribution in [0.4, 0.5) is 24.7 Å². The number of carboxylic acids is 2. The van der Waals surface area contributed by atoms with Crippen molar-refractivity contribution in [3.05, 3.63) is 65.7 Å². The fourth-order valence-corrected chi connectivity index (χ4v) is 7.48. The van der Waals surface area contributed by atoms with Crippen LogP contribution in [0.5, 0.6) is 5.88 Å². The molecule has 1 unspecified atom stereocenters. The van der Waals surface area contributed by atoms with Gasteiger partial charge in [-0.2, -0.15) is 22.3 Å². The molecule has 1 saturated heterocycles. The highest BCUT2D eigenvalue weighted by atomic mass is 32.2. The van der Waals surface area contributed by atoms with Crippen LogP contribution in [0.15, 0.2) is 64.4 Å². The molecule has 0 saturated carbocycles. The summed E-state index contributed by atoms with van der Waals surface area (Å²) in [6.45, 7) is 9.81. The van der Waals surface area contributed by atoms with Gasteiger partial charge in [0.1, 0.15) is 17.6 Å². The molecule has 1 fully saturated rings. The number of benzene rings is 2. The number of halogens is 3. The van der Waals surface area contributed by atoms with Crippen LogP contribution in [-0.2, 0) is 47.0 Å². The van der Waals surface area contributed by atoms with E-state index in [4.69, 9.17) is 14.6 Å². The van der Waals surface area contributed by atoms with Crippen molar-refractivity contribution in [1.82, 2.24) is 18.8 Å². The van der Waals surface area contributed by atoms with Gasteiger partial charge in [0.2, 0.25) is 25.9 Å². The standard InChI is InChI=1S/C15H14F3N3O4S2.C13H24N4O3S.C4H4O4/c16-15(17,18)10-7-11-13(8-12(10)26(19,22)23)27(24,25)21-14(20-11)6-9-4-2-1-3-5-9;1-13(2,3)14-8-10(18)9-20-12-11(15-21-16-12)17-4-6-19-7-5-17;5-3(6)1-2-4(7)8/h1-5,7-8,14,20-21H,6H2,(H2,19,22,23);10,14,18H,4-9H2,1-3H3;1-2H,(H,5,6)(H,7,8)/p-2/b;;2-1-/t;10-;/m.0./s1. The van der Waals surface area contributed by atoms with E-state index in [0.717, 1.165) is 36.2 Å². The minimum Gasteiger partial charge on any atom is -0.545 e. The Morgan fingerprint density at radius 2 is 1.73 bits per heavy atom. The van der Waals surface area contributed by atoms with Crippen LogP contribution < -0.4 is 40.3 Å². The zero-order valence-electron chi connectivity index (χ0n) is 30.1. The number of aliphatic carboxylic acids is 2. The molecule has 1 aromatic heterocycles. The van der Waals surface area contributed by atoms with Gasteiger partial charge in [-0.25, -0.2) is 22.0 Å². The van der Waals surface area contributed by atoms with Crippen LogP contribution in [0.25, 0.3) is 0 Å². The lowest BCUT2D eigenvalue weighted by Crippen LogP contribution is -2.46. The fourth-order valence-electron chi connectivity index (χ4n) is 4.79. The largest absolute Gasteiger partial charge is 0.545 e. The summed E-state index contributed by atoms with van der Waals surface area (Å²) in [4.78, 5) is 19.0.